The molecule has 0 aliphatic carbocycles. The third kappa shape index (κ3) is 2.06. The molecule has 2 rings (SSSR count). The Bertz CT molecular complexity index is 737. The summed E-state index contributed by atoms with van der Waals surface area (Å²) in [6.45, 7) is 1.51. The van der Waals surface area contributed by atoms with Crippen molar-refractivity contribution in [3.8, 4) is 11.9 Å². The Morgan fingerprint density at radius 2 is 2.26 bits per heavy atom. The van der Waals surface area contributed by atoms with E-state index in [1.165, 1.54) is 20.3 Å². The number of nitrogens with one attached hydrogen (secondary N) is 1. The van der Waals surface area contributed by atoms with Crippen molar-refractivity contribution >= 4 is 11.6 Å². The number of aromatic nitrogens is 4. The van der Waals surface area contributed by atoms with Crippen molar-refractivity contribution in [2.45, 2.75) is 6.92 Å². The average Bonchev–Trinajstić information content (AvgIpc) is 2.90. The molecule has 2 heterocycles. The number of hydrogen-bond acceptors (Lipinski definition) is 7. The monoisotopic (exact) mass is 259 g/mol. The molecule has 96 valence electrons. The maximum Gasteiger partial charge on any atom is 0.281 e. The lowest BCUT2D eigenvalue weighted by Gasteiger charge is -2.07. The zero-order valence-electron chi connectivity index (χ0n) is 10.1. The number of nitrogens with zero attached hydrogens (tertiary/aromatic N) is 6. The maximum atomic E-state index is 11.9. The number of aromatic hydroxyl groups is 1. The van der Waals surface area contributed by atoms with E-state index in [9.17, 15) is 9.90 Å². The highest BCUT2D eigenvalue weighted by molar-refractivity contribution is 5.56. The molecule has 19 heavy (non-hydrogen) atoms. The van der Waals surface area contributed by atoms with Crippen LogP contribution in [0, 0.1) is 18.3 Å². The van der Waals surface area contributed by atoms with Crippen molar-refractivity contribution in [3.63, 3.8) is 0 Å². The van der Waals surface area contributed by atoms with E-state index in [0.29, 0.717) is 0 Å². The fraction of sp³-hybridized carbons (Fsp3) is 0.200. The van der Waals surface area contributed by atoms with Crippen LogP contribution in [0.1, 0.15) is 11.1 Å². The van der Waals surface area contributed by atoms with Crippen LogP contribution in [0.3, 0.4) is 0 Å². The Hall–Kier alpha value is -3.02. The van der Waals surface area contributed by atoms with Crippen LogP contribution < -0.4 is 5.56 Å². The summed E-state index contributed by atoms with van der Waals surface area (Å²) in [7, 11) is 1.34. The van der Waals surface area contributed by atoms with Gasteiger partial charge in [0.25, 0.3) is 11.5 Å². The van der Waals surface area contributed by atoms with Crippen LogP contribution in [-0.4, -0.2) is 24.9 Å². The van der Waals surface area contributed by atoms with Crippen LogP contribution in [0.15, 0.2) is 21.4 Å². The fourth-order valence-electron chi connectivity index (χ4n) is 1.47. The van der Waals surface area contributed by atoms with Crippen LogP contribution in [0.25, 0.3) is 0 Å². The Morgan fingerprint density at radius 3 is 2.84 bits per heavy atom. The molecule has 0 saturated carbocycles. The SMILES string of the molecule is Cc1c(C#N)c(O)n(C)c(=O)c1N=Nc1ncn[nH]1. The first-order valence-electron chi connectivity index (χ1n) is 5.16. The van der Waals surface area contributed by atoms with Gasteiger partial charge in [0.1, 0.15) is 18.0 Å². The number of H-pyrrole nitrogens is 1. The smallest absolute Gasteiger partial charge is 0.281 e. The molecule has 0 fully saturated rings. The number of pyridine rings is 1. The van der Waals surface area contributed by atoms with Gasteiger partial charge in [-0.3, -0.25) is 9.36 Å². The van der Waals surface area contributed by atoms with Gasteiger partial charge >= 0.3 is 0 Å². The number of rotatable bonds is 2. The second kappa shape index (κ2) is 4.69. The molecule has 9 heteroatoms. The highest BCUT2D eigenvalue weighted by atomic mass is 16.3. The summed E-state index contributed by atoms with van der Waals surface area (Å²) in [5.41, 5.74) is -0.356. The average molecular weight is 259 g/mol. The molecule has 9 nitrogen and oxygen atoms in total. The zero-order valence-corrected chi connectivity index (χ0v) is 10.1. The van der Waals surface area contributed by atoms with E-state index in [4.69, 9.17) is 5.26 Å². The Labute approximate surface area is 106 Å². The molecule has 2 aromatic rings. The van der Waals surface area contributed by atoms with Gasteiger partial charge in [-0.1, -0.05) is 0 Å². The molecule has 0 aromatic carbocycles. The van der Waals surface area contributed by atoms with Crippen LogP contribution in [0.5, 0.6) is 5.88 Å². The van der Waals surface area contributed by atoms with Crippen molar-refractivity contribution in [1.29, 1.82) is 5.26 Å². The number of nitriles is 1. The lowest BCUT2D eigenvalue weighted by Crippen LogP contribution is -2.18. The number of hydrogen-bond donors (Lipinski definition) is 2. The molecule has 0 radical (unpaired) electrons. The second-order valence-electron chi connectivity index (χ2n) is 3.66. The summed E-state index contributed by atoms with van der Waals surface area (Å²) in [6, 6.07) is 1.82. The lowest BCUT2D eigenvalue weighted by molar-refractivity contribution is 0.421. The quantitative estimate of drug-likeness (QED) is 0.770. The first-order valence-corrected chi connectivity index (χ1v) is 5.16. The maximum absolute atomic E-state index is 11.9. The van der Waals surface area contributed by atoms with Gasteiger partial charge in [-0.15, -0.1) is 10.2 Å². The molecule has 0 unspecified atom stereocenters. The minimum Gasteiger partial charge on any atom is -0.493 e. The molecular weight excluding hydrogens is 250 g/mol. The highest BCUT2D eigenvalue weighted by Crippen LogP contribution is 2.25. The standard InChI is InChI=1S/C10H9N7O2/c1-5-6(3-11)8(18)17(2)9(19)7(5)14-16-10-12-4-13-15-10/h4,18H,1-2H3,(H,12,13,15). The minimum atomic E-state index is -0.558. The third-order valence-corrected chi connectivity index (χ3v) is 2.54. The van der Waals surface area contributed by atoms with Gasteiger partial charge in [0.15, 0.2) is 5.69 Å². The number of azo groups is 1. The summed E-state index contributed by atoms with van der Waals surface area (Å²) < 4.78 is 0.931. The van der Waals surface area contributed by atoms with Crippen LogP contribution in [0.2, 0.25) is 0 Å². The van der Waals surface area contributed by atoms with Crippen molar-refractivity contribution in [2.24, 2.45) is 17.3 Å². The molecule has 0 amide bonds. The van der Waals surface area contributed by atoms with E-state index < -0.39 is 11.4 Å². The summed E-state index contributed by atoms with van der Waals surface area (Å²) in [4.78, 5) is 15.7. The third-order valence-electron chi connectivity index (χ3n) is 2.54. The van der Waals surface area contributed by atoms with Gasteiger partial charge in [0.05, 0.1) is 0 Å². The van der Waals surface area contributed by atoms with E-state index in [2.05, 4.69) is 25.4 Å². The van der Waals surface area contributed by atoms with E-state index in [-0.39, 0.29) is 22.8 Å². The Balaban J connectivity index is 2.62. The van der Waals surface area contributed by atoms with Crippen LogP contribution in [0.4, 0.5) is 11.6 Å². The van der Waals surface area contributed by atoms with Crippen molar-refractivity contribution in [2.75, 3.05) is 0 Å². The predicted octanol–water partition coefficient (Wildman–Crippen LogP) is 0.804. The van der Waals surface area contributed by atoms with E-state index in [0.717, 1.165) is 4.57 Å². The van der Waals surface area contributed by atoms with Gasteiger partial charge in [-0.05, 0) is 6.92 Å². The predicted molar refractivity (Wildman–Crippen MR) is 63.4 cm³/mol. The van der Waals surface area contributed by atoms with E-state index >= 15 is 0 Å². The first-order chi connectivity index (χ1) is 9.06. The van der Waals surface area contributed by atoms with Crippen molar-refractivity contribution in [3.05, 3.63) is 27.8 Å². The molecule has 0 spiro atoms. The van der Waals surface area contributed by atoms with Crippen LogP contribution in [-0.2, 0) is 7.05 Å². The number of aromatic amines is 1. The summed E-state index contributed by atoms with van der Waals surface area (Å²) >= 11 is 0. The molecular formula is C10H9N7O2. The minimum absolute atomic E-state index is 0.0198. The van der Waals surface area contributed by atoms with E-state index in [1.807, 2.05) is 6.07 Å². The summed E-state index contributed by atoms with van der Waals surface area (Å²) in [6.07, 6.45) is 1.25. The highest BCUT2D eigenvalue weighted by Gasteiger charge is 2.16. The van der Waals surface area contributed by atoms with Crippen molar-refractivity contribution < 1.29 is 5.11 Å². The van der Waals surface area contributed by atoms with Gasteiger partial charge in [-0.25, -0.2) is 5.10 Å². The molecule has 0 aliphatic heterocycles. The van der Waals surface area contributed by atoms with Crippen LogP contribution >= 0.6 is 0 Å². The van der Waals surface area contributed by atoms with Gasteiger partial charge in [-0.2, -0.15) is 15.3 Å². The molecule has 0 bridgehead atoms. The van der Waals surface area contributed by atoms with Gasteiger partial charge < -0.3 is 5.11 Å². The molecule has 2 aromatic heterocycles. The largest absolute Gasteiger partial charge is 0.493 e. The van der Waals surface area contributed by atoms with Crippen molar-refractivity contribution in [1.82, 2.24) is 19.7 Å². The molecule has 2 N–H and O–H groups in total. The topological polar surface area (TPSA) is 132 Å². The van der Waals surface area contributed by atoms with Gasteiger partial charge in [0, 0.05) is 12.6 Å². The fourth-order valence-corrected chi connectivity index (χ4v) is 1.47. The summed E-state index contributed by atoms with van der Waals surface area (Å²) in [5.74, 6) is -0.267. The first kappa shape index (κ1) is 12.4. The molecule has 0 atom stereocenters. The normalized spacial score (nSPS) is 10.8. The Kier molecular flexibility index (Phi) is 3.07. The zero-order chi connectivity index (χ0) is 14.0. The lowest BCUT2D eigenvalue weighted by atomic mass is 10.1. The Morgan fingerprint density at radius 1 is 1.53 bits per heavy atom. The van der Waals surface area contributed by atoms with Gasteiger partial charge in [0.2, 0.25) is 5.88 Å². The molecule has 0 aliphatic rings. The summed E-state index contributed by atoms with van der Waals surface area (Å²) in [5, 5.41) is 32.1. The van der Waals surface area contributed by atoms with E-state index in [1.54, 1.807) is 0 Å². The molecule has 0 saturated heterocycles. The second-order valence-corrected chi connectivity index (χ2v) is 3.66.